The standard InChI is InChI=1S/C37H47ClF3N7O4/c1-44-26-6-7-27(44)22-28(21-26)45-14-16-46(17-15-45)34(49)32(20-23-18-29(37(39,40)41)33(42)30(38)19-23)52-36(51)47-11-9-25(10-12-47)48-13-8-24-4-2-3-5-31(24)43-35(48)50/h2-5,18-19,25-28,32H,6-17,20-22,42H2,1H3,(H,43,50). The van der Waals surface area contributed by atoms with Gasteiger partial charge < -0.3 is 35.4 Å². The number of amides is 4. The highest BCUT2D eigenvalue weighted by Crippen LogP contribution is 2.39. The molecule has 15 heteroatoms. The molecular weight excluding hydrogens is 699 g/mol. The van der Waals surface area contributed by atoms with Crippen LogP contribution in [0.2, 0.25) is 5.02 Å². The number of rotatable bonds is 6. The first-order valence-electron chi connectivity index (χ1n) is 18.4. The van der Waals surface area contributed by atoms with Crippen LogP contribution in [-0.2, 0) is 28.5 Å². The number of piperidine rings is 2. The smallest absolute Gasteiger partial charge is 0.418 e. The van der Waals surface area contributed by atoms with E-state index in [1.807, 2.05) is 29.2 Å². The molecule has 0 radical (unpaired) electrons. The van der Waals surface area contributed by atoms with Crippen molar-refractivity contribution in [1.29, 1.82) is 0 Å². The molecule has 0 saturated carbocycles. The lowest BCUT2D eigenvalue weighted by molar-refractivity contribution is -0.143. The van der Waals surface area contributed by atoms with Crippen molar-refractivity contribution < 1.29 is 32.3 Å². The van der Waals surface area contributed by atoms with Gasteiger partial charge in [0, 0.05) is 82.1 Å². The highest BCUT2D eigenvalue weighted by atomic mass is 35.5. The van der Waals surface area contributed by atoms with Gasteiger partial charge in [-0.1, -0.05) is 29.8 Å². The Morgan fingerprint density at radius 3 is 2.27 bits per heavy atom. The number of piperazine rings is 1. The zero-order chi connectivity index (χ0) is 36.7. The molecule has 0 aliphatic carbocycles. The first-order chi connectivity index (χ1) is 24.9. The largest absolute Gasteiger partial charge is 0.436 e. The lowest BCUT2D eigenvalue weighted by atomic mass is 9.96. The molecule has 4 amide bonds. The van der Waals surface area contributed by atoms with Gasteiger partial charge in [-0.25, -0.2) is 9.59 Å². The van der Waals surface area contributed by atoms with Gasteiger partial charge in [0.1, 0.15) is 0 Å². The van der Waals surface area contributed by atoms with Crippen molar-refractivity contribution in [1.82, 2.24) is 24.5 Å². The third-order valence-corrected chi connectivity index (χ3v) is 12.3. The van der Waals surface area contributed by atoms with Gasteiger partial charge in [0.05, 0.1) is 16.3 Å². The zero-order valence-electron chi connectivity index (χ0n) is 29.4. The number of para-hydroxylation sites is 1. The van der Waals surface area contributed by atoms with Crippen molar-refractivity contribution in [2.75, 3.05) is 63.9 Å². The molecular formula is C37H47ClF3N7O4. The van der Waals surface area contributed by atoms with E-state index in [-0.39, 0.29) is 29.1 Å². The lowest BCUT2D eigenvalue weighted by Crippen LogP contribution is -2.57. The molecule has 2 aromatic rings. The number of halogens is 4. The summed E-state index contributed by atoms with van der Waals surface area (Å²) in [5.74, 6) is -0.450. The van der Waals surface area contributed by atoms with E-state index in [1.54, 1.807) is 4.90 Å². The van der Waals surface area contributed by atoms with E-state index in [2.05, 4.69) is 22.2 Å². The number of likely N-dealkylation sites (tertiary alicyclic amines) is 1. The highest BCUT2D eigenvalue weighted by molar-refractivity contribution is 6.33. The average molecular weight is 746 g/mol. The van der Waals surface area contributed by atoms with Crippen LogP contribution in [0.25, 0.3) is 0 Å². The summed E-state index contributed by atoms with van der Waals surface area (Å²) in [5, 5.41) is 2.71. The molecule has 282 valence electrons. The van der Waals surface area contributed by atoms with E-state index in [1.165, 1.54) is 23.8 Å². The van der Waals surface area contributed by atoms with Gasteiger partial charge in [-0.3, -0.25) is 9.69 Å². The fourth-order valence-corrected chi connectivity index (χ4v) is 9.15. The number of alkyl halides is 3. The van der Waals surface area contributed by atoms with Crippen LogP contribution < -0.4 is 11.1 Å². The second kappa shape index (κ2) is 14.9. The summed E-state index contributed by atoms with van der Waals surface area (Å²) in [5.41, 5.74) is 5.93. The maximum Gasteiger partial charge on any atom is 0.418 e. The summed E-state index contributed by atoms with van der Waals surface area (Å²) in [4.78, 5) is 50.7. The Morgan fingerprint density at radius 2 is 1.60 bits per heavy atom. The fourth-order valence-electron chi connectivity index (χ4n) is 8.91. The summed E-state index contributed by atoms with van der Waals surface area (Å²) in [6.07, 6.45) is -0.767. The van der Waals surface area contributed by atoms with Gasteiger partial charge in [-0.05, 0) is 81.3 Å². The van der Waals surface area contributed by atoms with E-state index in [9.17, 15) is 27.6 Å². The summed E-state index contributed by atoms with van der Waals surface area (Å²) in [6, 6.07) is 11.2. The Morgan fingerprint density at radius 1 is 0.923 bits per heavy atom. The summed E-state index contributed by atoms with van der Waals surface area (Å²) in [6.45, 7) is 3.35. The fraction of sp³-hybridized carbons (Fsp3) is 0.595. The molecule has 5 heterocycles. The van der Waals surface area contributed by atoms with Gasteiger partial charge in [0.2, 0.25) is 0 Å². The van der Waals surface area contributed by atoms with Crippen molar-refractivity contribution in [3.8, 4) is 0 Å². The van der Waals surface area contributed by atoms with Crippen LogP contribution in [-0.4, -0.2) is 126 Å². The molecule has 3 atom stereocenters. The summed E-state index contributed by atoms with van der Waals surface area (Å²) < 4.78 is 47.4. The number of urea groups is 1. The number of nitrogens with zero attached hydrogens (tertiary/aromatic N) is 5. The number of hydrogen-bond acceptors (Lipinski definition) is 7. The molecule has 7 rings (SSSR count). The highest BCUT2D eigenvalue weighted by Gasteiger charge is 2.42. The number of carbonyl (C=O) groups excluding carboxylic acids is 3. The Balaban J connectivity index is 1.01. The minimum Gasteiger partial charge on any atom is -0.436 e. The number of carbonyl (C=O) groups is 3. The molecule has 4 fully saturated rings. The first kappa shape index (κ1) is 36.6. The van der Waals surface area contributed by atoms with Crippen LogP contribution in [0.1, 0.15) is 55.2 Å². The number of fused-ring (bicyclic) bond motifs is 3. The predicted molar refractivity (Wildman–Crippen MR) is 191 cm³/mol. The normalized spacial score (nSPS) is 25.4. The van der Waals surface area contributed by atoms with Crippen LogP contribution in [0.15, 0.2) is 36.4 Å². The first-order valence-corrected chi connectivity index (χ1v) is 18.7. The Bertz CT molecular complexity index is 1650. The third-order valence-electron chi connectivity index (χ3n) is 12.0. The molecule has 2 bridgehead atoms. The molecule has 3 unspecified atom stereocenters. The summed E-state index contributed by atoms with van der Waals surface area (Å²) in [7, 11) is 2.21. The van der Waals surface area contributed by atoms with Gasteiger partial charge in [-0.15, -0.1) is 0 Å². The van der Waals surface area contributed by atoms with Crippen LogP contribution in [0.4, 0.5) is 34.1 Å². The van der Waals surface area contributed by atoms with Crippen molar-refractivity contribution in [2.45, 2.75) is 87.8 Å². The number of nitrogen functional groups attached to an aromatic ring is 1. The predicted octanol–water partition coefficient (Wildman–Crippen LogP) is 5.31. The quantitative estimate of drug-likeness (QED) is 0.386. The van der Waals surface area contributed by atoms with Crippen LogP contribution in [0.3, 0.4) is 0 Å². The summed E-state index contributed by atoms with van der Waals surface area (Å²) >= 11 is 6.14. The van der Waals surface area contributed by atoms with E-state index in [0.29, 0.717) is 83.2 Å². The molecule has 0 spiro atoms. The molecule has 11 nitrogen and oxygen atoms in total. The molecule has 3 N–H and O–H groups in total. The maximum absolute atomic E-state index is 14.1. The van der Waals surface area contributed by atoms with Crippen LogP contribution >= 0.6 is 11.6 Å². The Hall–Kier alpha value is -3.75. The minimum absolute atomic E-state index is 0.0880. The molecule has 5 aliphatic rings. The zero-order valence-corrected chi connectivity index (χ0v) is 30.2. The van der Waals surface area contributed by atoms with E-state index >= 15 is 0 Å². The van der Waals surface area contributed by atoms with Gasteiger partial charge in [0.15, 0.2) is 6.10 Å². The van der Waals surface area contributed by atoms with Gasteiger partial charge in [-0.2, -0.15) is 13.2 Å². The monoisotopic (exact) mass is 745 g/mol. The molecule has 5 aliphatic heterocycles. The van der Waals surface area contributed by atoms with Crippen LogP contribution in [0.5, 0.6) is 0 Å². The van der Waals surface area contributed by atoms with Crippen molar-refractivity contribution >= 4 is 41.0 Å². The maximum atomic E-state index is 14.1. The molecule has 2 aromatic carbocycles. The minimum atomic E-state index is -4.76. The van der Waals surface area contributed by atoms with E-state index in [0.717, 1.165) is 30.2 Å². The third kappa shape index (κ3) is 7.65. The van der Waals surface area contributed by atoms with E-state index in [4.69, 9.17) is 22.1 Å². The van der Waals surface area contributed by atoms with Crippen LogP contribution in [0, 0.1) is 0 Å². The van der Waals surface area contributed by atoms with Gasteiger partial charge >= 0.3 is 18.3 Å². The number of nitrogens with two attached hydrogens (primary N) is 1. The topological polar surface area (TPSA) is 115 Å². The second-order valence-electron chi connectivity index (χ2n) is 14.9. The number of nitrogens with one attached hydrogen (secondary N) is 1. The van der Waals surface area contributed by atoms with Crippen molar-refractivity contribution in [2.24, 2.45) is 0 Å². The van der Waals surface area contributed by atoms with E-state index < -0.39 is 35.5 Å². The number of benzene rings is 2. The van der Waals surface area contributed by atoms with Gasteiger partial charge in [0.25, 0.3) is 5.91 Å². The molecule has 52 heavy (non-hydrogen) atoms. The van der Waals surface area contributed by atoms with Crippen molar-refractivity contribution in [3.63, 3.8) is 0 Å². The number of anilines is 2. The Kier molecular flexibility index (Phi) is 10.5. The number of ether oxygens (including phenoxy) is 1. The molecule has 4 saturated heterocycles. The Labute approximate surface area is 307 Å². The SMILES string of the molecule is CN1C2CCC1CC(N1CCN(C(=O)C(Cc3cc(Cl)c(N)c(C(F)(F)F)c3)OC(=O)N3CCC(N4CCc5ccccc5NC4=O)CC3)CC1)C2. The average Bonchev–Trinajstić information content (AvgIpc) is 3.27. The molecule has 0 aromatic heterocycles. The second-order valence-corrected chi connectivity index (χ2v) is 15.3. The van der Waals surface area contributed by atoms with Crippen molar-refractivity contribution in [3.05, 3.63) is 58.1 Å². The number of hydrogen-bond donors (Lipinski definition) is 2. The lowest BCUT2D eigenvalue weighted by Gasteiger charge is -2.45.